The Kier molecular flexibility index (Phi) is 5.34. The van der Waals surface area contributed by atoms with Crippen LogP contribution < -0.4 is 10.6 Å². The summed E-state index contributed by atoms with van der Waals surface area (Å²) in [5, 5.41) is 6.05. The van der Waals surface area contributed by atoms with Gasteiger partial charge in [0.05, 0.1) is 6.54 Å². The molecule has 0 unspecified atom stereocenters. The average molecular weight is 296 g/mol. The van der Waals surface area contributed by atoms with Crippen LogP contribution >= 0.6 is 0 Å². The van der Waals surface area contributed by atoms with E-state index in [1.54, 1.807) is 0 Å². The fraction of sp³-hybridized carbons (Fsp3) is 0.316. The van der Waals surface area contributed by atoms with Gasteiger partial charge in [0.2, 0.25) is 5.91 Å². The Bertz CT molecular complexity index is 598. The molecule has 0 aliphatic heterocycles. The standard InChI is InChI=1S/C19H24N2O/c1-19(2,3)16-9-11-17(12-10-16)21-18(22)14-20-13-15-7-5-4-6-8-15/h4-12,20H,13-14H2,1-3H3,(H,21,22). The van der Waals surface area contributed by atoms with E-state index in [9.17, 15) is 4.79 Å². The lowest BCUT2D eigenvalue weighted by atomic mass is 9.87. The molecule has 3 heteroatoms. The monoisotopic (exact) mass is 296 g/mol. The van der Waals surface area contributed by atoms with Crippen molar-refractivity contribution in [2.75, 3.05) is 11.9 Å². The summed E-state index contributed by atoms with van der Waals surface area (Å²) in [7, 11) is 0. The number of hydrogen-bond acceptors (Lipinski definition) is 2. The van der Waals surface area contributed by atoms with Crippen molar-refractivity contribution in [2.45, 2.75) is 32.7 Å². The van der Waals surface area contributed by atoms with Gasteiger partial charge in [-0.05, 0) is 28.7 Å². The minimum Gasteiger partial charge on any atom is -0.325 e. The summed E-state index contributed by atoms with van der Waals surface area (Å²) in [6.07, 6.45) is 0. The summed E-state index contributed by atoms with van der Waals surface area (Å²) < 4.78 is 0. The van der Waals surface area contributed by atoms with Gasteiger partial charge in [0.25, 0.3) is 0 Å². The number of carbonyl (C=O) groups is 1. The molecule has 2 rings (SSSR count). The molecule has 0 atom stereocenters. The minimum absolute atomic E-state index is 0.0283. The second-order valence-electron chi connectivity index (χ2n) is 6.46. The van der Waals surface area contributed by atoms with E-state index in [2.05, 4.69) is 43.5 Å². The van der Waals surface area contributed by atoms with Crippen molar-refractivity contribution in [2.24, 2.45) is 0 Å². The van der Waals surface area contributed by atoms with E-state index >= 15 is 0 Å². The zero-order chi connectivity index (χ0) is 16.0. The summed E-state index contributed by atoms with van der Waals surface area (Å²) in [4.78, 5) is 11.9. The smallest absolute Gasteiger partial charge is 0.238 e. The molecule has 2 N–H and O–H groups in total. The summed E-state index contributed by atoms with van der Waals surface area (Å²) in [5.74, 6) is -0.0283. The zero-order valence-corrected chi connectivity index (χ0v) is 13.5. The highest BCUT2D eigenvalue weighted by Gasteiger charge is 2.13. The van der Waals surface area contributed by atoms with Crippen LogP contribution in [0.4, 0.5) is 5.69 Å². The lowest BCUT2D eigenvalue weighted by Gasteiger charge is -2.19. The molecule has 0 aliphatic rings. The van der Waals surface area contributed by atoms with Gasteiger partial charge in [-0.25, -0.2) is 0 Å². The van der Waals surface area contributed by atoms with Gasteiger partial charge in [-0.3, -0.25) is 4.79 Å². The maximum Gasteiger partial charge on any atom is 0.238 e. The van der Waals surface area contributed by atoms with Gasteiger partial charge < -0.3 is 10.6 Å². The molecule has 0 radical (unpaired) electrons. The van der Waals surface area contributed by atoms with Crippen LogP contribution in [0, 0.1) is 0 Å². The summed E-state index contributed by atoms with van der Waals surface area (Å²) >= 11 is 0. The van der Waals surface area contributed by atoms with Crippen molar-refractivity contribution in [3.8, 4) is 0 Å². The third-order valence-corrected chi connectivity index (χ3v) is 3.49. The van der Waals surface area contributed by atoms with Crippen LogP contribution in [-0.4, -0.2) is 12.5 Å². The van der Waals surface area contributed by atoms with Crippen LogP contribution in [0.2, 0.25) is 0 Å². The highest BCUT2D eigenvalue weighted by molar-refractivity contribution is 5.92. The summed E-state index contributed by atoms with van der Waals surface area (Å²) in [6, 6.07) is 18.1. The molecule has 2 aromatic carbocycles. The van der Waals surface area contributed by atoms with Crippen molar-refractivity contribution < 1.29 is 4.79 Å². The molecule has 1 amide bonds. The van der Waals surface area contributed by atoms with Crippen molar-refractivity contribution >= 4 is 11.6 Å². The van der Waals surface area contributed by atoms with E-state index in [0.717, 1.165) is 5.69 Å². The van der Waals surface area contributed by atoms with Gasteiger partial charge in [-0.2, -0.15) is 0 Å². The molecule has 0 heterocycles. The van der Waals surface area contributed by atoms with Gasteiger partial charge in [-0.15, -0.1) is 0 Å². The lowest BCUT2D eigenvalue weighted by molar-refractivity contribution is -0.115. The molecule has 22 heavy (non-hydrogen) atoms. The Labute approximate surface area is 132 Å². The Morgan fingerprint density at radius 1 is 0.955 bits per heavy atom. The van der Waals surface area contributed by atoms with E-state index in [1.165, 1.54) is 11.1 Å². The topological polar surface area (TPSA) is 41.1 Å². The first-order valence-corrected chi connectivity index (χ1v) is 7.60. The highest BCUT2D eigenvalue weighted by Crippen LogP contribution is 2.23. The molecule has 0 saturated carbocycles. The number of benzene rings is 2. The Morgan fingerprint density at radius 3 is 2.18 bits per heavy atom. The molecule has 0 saturated heterocycles. The van der Waals surface area contributed by atoms with Gasteiger partial charge in [0.15, 0.2) is 0 Å². The van der Waals surface area contributed by atoms with E-state index in [4.69, 9.17) is 0 Å². The molecule has 3 nitrogen and oxygen atoms in total. The van der Waals surface area contributed by atoms with Crippen molar-refractivity contribution in [1.29, 1.82) is 0 Å². The molecule has 0 spiro atoms. The SMILES string of the molecule is CC(C)(C)c1ccc(NC(=O)CNCc2ccccc2)cc1. The van der Waals surface area contributed by atoms with E-state index in [0.29, 0.717) is 13.1 Å². The predicted octanol–water partition coefficient (Wildman–Crippen LogP) is 3.71. The maximum absolute atomic E-state index is 11.9. The van der Waals surface area contributed by atoms with Crippen molar-refractivity contribution in [3.63, 3.8) is 0 Å². The number of hydrogen-bond donors (Lipinski definition) is 2. The maximum atomic E-state index is 11.9. The first-order chi connectivity index (χ1) is 10.4. The quantitative estimate of drug-likeness (QED) is 0.883. The third kappa shape index (κ3) is 5.01. The molecule has 0 fully saturated rings. The number of carbonyl (C=O) groups excluding carboxylic acids is 1. The first kappa shape index (κ1) is 16.2. The van der Waals surface area contributed by atoms with Crippen molar-refractivity contribution in [3.05, 3.63) is 65.7 Å². The number of nitrogens with one attached hydrogen (secondary N) is 2. The van der Waals surface area contributed by atoms with E-state index in [-0.39, 0.29) is 11.3 Å². The lowest BCUT2D eigenvalue weighted by Crippen LogP contribution is -2.27. The number of amides is 1. The Morgan fingerprint density at radius 2 is 1.59 bits per heavy atom. The zero-order valence-electron chi connectivity index (χ0n) is 13.5. The third-order valence-electron chi connectivity index (χ3n) is 3.49. The Balaban J connectivity index is 1.79. The van der Waals surface area contributed by atoms with Gasteiger partial charge in [0.1, 0.15) is 0 Å². The second-order valence-corrected chi connectivity index (χ2v) is 6.46. The van der Waals surface area contributed by atoms with Crippen LogP contribution in [0.25, 0.3) is 0 Å². The van der Waals surface area contributed by atoms with Crippen LogP contribution in [0.1, 0.15) is 31.9 Å². The molecule has 0 aliphatic carbocycles. The Hall–Kier alpha value is -2.13. The molecular formula is C19H24N2O. The van der Waals surface area contributed by atoms with E-state index < -0.39 is 0 Å². The normalized spacial score (nSPS) is 11.2. The predicted molar refractivity (Wildman–Crippen MR) is 91.9 cm³/mol. The average Bonchev–Trinajstić information content (AvgIpc) is 2.48. The fourth-order valence-corrected chi connectivity index (χ4v) is 2.17. The highest BCUT2D eigenvalue weighted by atomic mass is 16.1. The molecule has 0 aromatic heterocycles. The van der Waals surface area contributed by atoms with Crippen LogP contribution in [0.5, 0.6) is 0 Å². The van der Waals surface area contributed by atoms with E-state index in [1.807, 2.05) is 42.5 Å². The first-order valence-electron chi connectivity index (χ1n) is 7.60. The number of anilines is 1. The van der Waals surface area contributed by atoms with Crippen molar-refractivity contribution in [1.82, 2.24) is 5.32 Å². The van der Waals surface area contributed by atoms with Crippen LogP contribution in [0.15, 0.2) is 54.6 Å². The summed E-state index contributed by atoms with van der Waals surface area (Å²) in [5.41, 5.74) is 3.39. The summed E-state index contributed by atoms with van der Waals surface area (Å²) in [6.45, 7) is 7.52. The molecular weight excluding hydrogens is 272 g/mol. The molecule has 2 aromatic rings. The minimum atomic E-state index is -0.0283. The van der Waals surface area contributed by atoms with Crippen LogP contribution in [-0.2, 0) is 16.8 Å². The largest absolute Gasteiger partial charge is 0.325 e. The van der Waals surface area contributed by atoms with Gasteiger partial charge >= 0.3 is 0 Å². The second kappa shape index (κ2) is 7.23. The van der Waals surface area contributed by atoms with Gasteiger partial charge in [-0.1, -0.05) is 63.2 Å². The molecule has 0 bridgehead atoms. The van der Waals surface area contributed by atoms with Gasteiger partial charge in [0, 0.05) is 12.2 Å². The molecule has 116 valence electrons. The van der Waals surface area contributed by atoms with Crippen LogP contribution in [0.3, 0.4) is 0 Å². The fourth-order valence-electron chi connectivity index (χ4n) is 2.17. The number of rotatable bonds is 5.